The maximum absolute atomic E-state index is 12.5. The molecule has 3 N–H and O–H groups in total. The Balaban J connectivity index is 2.00. The lowest BCUT2D eigenvalue weighted by Gasteiger charge is -2.30. The van der Waals surface area contributed by atoms with E-state index < -0.39 is 13.0 Å². The van der Waals surface area contributed by atoms with Crippen LogP contribution in [0.15, 0.2) is 18.3 Å². The van der Waals surface area contributed by atoms with Crippen LogP contribution < -0.4 is 11.1 Å². The van der Waals surface area contributed by atoms with E-state index in [0.717, 1.165) is 12.8 Å². The maximum Gasteiger partial charge on any atom is 0.268 e. The summed E-state index contributed by atoms with van der Waals surface area (Å²) in [7, 11) is 0. The Hall–Kier alpha value is -1.43. The molecule has 1 aliphatic rings. The van der Waals surface area contributed by atoms with Gasteiger partial charge in [-0.25, -0.2) is 8.78 Å². The average Bonchev–Trinajstić information content (AvgIpc) is 2.93. The van der Waals surface area contributed by atoms with Crippen molar-refractivity contribution in [2.75, 3.05) is 6.54 Å². The standard InChI is InChI=1S/C15H23F2N3O/c16-14(17)10-20-8-4-7-13(20)15(21)19-12(9-18)11-5-2-1-3-6-11/h4,7-8,11-12,14H,1-3,5-6,9-10,18H2,(H,19,21). The second-order valence-corrected chi connectivity index (χ2v) is 5.65. The van der Waals surface area contributed by atoms with Crippen molar-refractivity contribution in [3.05, 3.63) is 24.0 Å². The summed E-state index contributed by atoms with van der Waals surface area (Å²) in [5.74, 6) is 0.0767. The Morgan fingerprint density at radius 3 is 2.71 bits per heavy atom. The summed E-state index contributed by atoms with van der Waals surface area (Å²) < 4.78 is 26.3. The summed E-state index contributed by atoms with van der Waals surface area (Å²) in [5, 5.41) is 2.92. The zero-order valence-corrected chi connectivity index (χ0v) is 12.1. The molecule has 21 heavy (non-hydrogen) atoms. The number of hydrogen-bond acceptors (Lipinski definition) is 2. The fourth-order valence-corrected chi connectivity index (χ4v) is 3.08. The molecule has 0 bridgehead atoms. The molecule has 0 aromatic carbocycles. The zero-order chi connectivity index (χ0) is 15.2. The fraction of sp³-hybridized carbons (Fsp3) is 0.667. The van der Waals surface area contributed by atoms with Crippen LogP contribution in [-0.4, -0.2) is 29.5 Å². The van der Waals surface area contributed by atoms with Crippen LogP contribution in [0.25, 0.3) is 0 Å². The Morgan fingerprint density at radius 2 is 2.10 bits per heavy atom. The van der Waals surface area contributed by atoms with Crippen molar-refractivity contribution in [3.63, 3.8) is 0 Å². The smallest absolute Gasteiger partial charge is 0.268 e. The number of nitrogens with zero attached hydrogens (tertiary/aromatic N) is 1. The van der Waals surface area contributed by atoms with Gasteiger partial charge in [0.05, 0.1) is 6.54 Å². The molecule has 0 saturated heterocycles. The highest BCUT2D eigenvalue weighted by molar-refractivity contribution is 5.93. The molecule has 0 aliphatic heterocycles. The van der Waals surface area contributed by atoms with E-state index in [0.29, 0.717) is 12.5 Å². The third-order valence-electron chi connectivity index (χ3n) is 4.19. The van der Waals surface area contributed by atoms with Gasteiger partial charge in [0.15, 0.2) is 0 Å². The molecule has 1 aliphatic carbocycles. The number of alkyl halides is 2. The summed E-state index contributed by atoms with van der Waals surface area (Å²) in [6.45, 7) is -0.0849. The minimum Gasteiger partial charge on any atom is -0.346 e. The molecule has 1 aromatic rings. The van der Waals surface area contributed by atoms with Gasteiger partial charge in [0.2, 0.25) is 0 Å². The van der Waals surface area contributed by atoms with E-state index in [-0.39, 0.29) is 17.6 Å². The van der Waals surface area contributed by atoms with Gasteiger partial charge in [-0.15, -0.1) is 0 Å². The largest absolute Gasteiger partial charge is 0.346 e. The van der Waals surface area contributed by atoms with Crippen molar-refractivity contribution >= 4 is 5.91 Å². The highest BCUT2D eigenvalue weighted by Crippen LogP contribution is 2.26. The second kappa shape index (κ2) is 7.54. The molecule has 118 valence electrons. The van der Waals surface area contributed by atoms with Crippen molar-refractivity contribution in [2.45, 2.75) is 51.1 Å². The molecule has 2 rings (SSSR count). The predicted octanol–water partition coefficient (Wildman–Crippen LogP) is 2.39. The highest BCUT2D eigenvalue weighted by Gasteiger charge is 2.25. The van der Waals surface area contributed by atoms with Crippen molar-refractivity contribution in [2.24, 2.45) is 11.7 Å². The summed E-state index contributed by atoms with van der Waals surface area (Å²) in [4.78, 5) is 12.3. The number of nitrogens with one attached hydrogen (secondary N) is 1. The van der Waals surface area contributed by atoms with E-state index >= 15 is 0 Å². The molecule has 1 unspecified atom stereocenters. The zero-order valence-electron chi connectivity index (χ0n) is 12.1. The van der Waals surface area contributed by atoms with Gasteiger partial charge in [-0.1, -0.05) is 19.3 Å². The van der Waals surface area contributed by atoms with Gasteiger partial charge >= 0.3 is 0 Å². The molecule has 1 atom stereocenters. The lowest BCUT2D eigenvalue weighted by molar-refractivity contribution is 0.0893. The Bertz CT molecular complexity index is 456. The minimum atomic E-state index is -2.48. The fourth-order valence-electron chi connectivity index (χ4n) is 3.08. The molecule has 1 fully saturated rings. The van der Waals surface area contributed by atoms with Gasteiger partial charge in [0.1, 0.15) is 5.69 Å². The van der Waals surface area contributed by atoms with E-state index in [9.17, 15) is 13.6 Å². The van der Waals surface area contributed by atoms with E-state index in [1.54, 1.807) is 12.1 Å². The number of nitrogens with two attached hydrogens (primary N) is 1. The number of amides is 1. The molecule has 0 radical (unpaired) electrons. The number of carbonyl (C=O) groups is 1. The van der Waals surface area contributed by atoms with Gasteiger partial charge in [-0.05, 0) is 30.9 Å². The third-order valence-corrected chi connectivity index (χ3v) is 4.19. The Morgan fingerprint density at radius 1 is 1.38 bits per heavy atom. The first-order valence-electron chi connectivity index (χ1n) is 7.56. The maximum atomic E-state index is 12.5. The van der Waals surface area contributed by atoms with Gasteiger partial charge in [-0.3, -0.25) is 4.79 Å². The van der Waals surface area contributed by atoms with Crippen molar-refractivity contribution in [3.8, 4) is 0 Å². The summed E-state index contributed by atoms with van der Waals surface area (Å²) in [6, 6.07) is 3.09. The topological polar surface area (TPSA) is 60.0 Å². The van der Waals surface area contributed by atoms with Crippen molar-refractivity contribution in [1.82, 2.24) is 9.88 Å². The number of carbonyl (C=O) groups excluding carboxylic acids is 1. The number of aromatic nitrogens is 1. The van der Waals surface area contributed by atoms with Crippen LogP contribution in [0.2, 0.25) is 0 Å². The first-order chi connectivity index (χ1) is 10.1. The lowest BCUT2D eigenvalue weighted by Crippen LogP contribution is -2.46. The Labute approximate surface area is 123 Å². The van der Waals surface area contributed by atoms with Crippen LogP contribution in [0.4, 0.5) is 8.78 Å². The van der Waals surface area contributed by atoms with Crippen molar-refractivity contribution < 1.29 is 13.6 Å². The van der Waals surface area contributed by atoms with Crippen LogP contribution in [0.1, 0.15) is 42.6 Å². The normalized spacial score (nSPS) is 17.9. The van der Waals surface area contributed by atoms with Crippen LogP contribution in [-0.2, 0) is 6.54 Å². The predicted molar refractivity (Wildman–Crippen MR) is 77.3 cm³/mol. The second-order valence-electron chi connectivity index (χ2n) is 5.65. The summed E-state index contributed by atoms with van der Waals surface area (Å²) in [5.41, 5.74) is 6.05. The number of rotatable bonds is 6. The molecular formula is C15H23F2N3O. The first kappa shape index (κ1) is 15.9. The molecule has 1 aromatic heterocycles. The SMILES string of the molecule is NCC(NC(=O)c1cccn1CC(F)F)C1CCCCC1. The molecule has 1 heterocycles. The average molecular weight is 299 g/mol. The lowest BCUT2D eigenvalue weighted by atomic mass is 9.84. The summed E-state index contributed by atoms with van der Waals surface area (Å²) >= 11 is 0. The van der Waals surface area contributed by atoms with Crippen LogP contribution in [0, 0.1) is 5.92 Å². The van der Waals surface area contributed by atoms with Gasteiger partial charge < -0.3 is 15.6 Å². The molecule has 0 spiro atoms. The number of hydrogen-bond donors (Lipinski definition) is 2. The Kier molecular flexibility index (Phi) is 5.73. The quantitative estimate of drug-likeness (QED) is 0.847. The third kappa shape index (κ3) is 4.27. The number of halogens is 2. The van der Waals surface area contributed by atoms with Gasteiger partial charge in [-0.2, -0.15) is 0 Å². The van der Waals surface area contributed by atoms with E-state index in [4.69, 9.17) is 5.73 Å². The molecular weight excluding hydrogens is 276 g/mol. The monoisotopic (exact) mass is 299 g/mol. The van der Waals surface area contributed by atoms with Crippen molar-refractivity contribution in [1.29, 1.82) is 0 Å². The van der Waals surface area contributed by atoms with Crippen LogP contribution >= 0.6 is 0 Å². The van der Waals surface area contributed by atoms with Crippen LogP contribution in [0.3, 0.4) is 0 Å². The van der Waals surface area contributed by atoms with E-state index in [1.807, 2.05) is 0 Å². The van der Waals surface area contributed by atoms with Gasteiger partial charge in [0, 0.05) is 18.8 Å². The van der Waals surface area contributed by atoms with E-state index in [2.05, 4.69) is 5.32 Å². The van der Waals surface area contributed by atoms with Gasteiger partial charge in [0.25, 0.3) is 12.3 Å². The summed E-state index contributed by atoms with van der Waals surface area (Å²) in [6.07, 6.45) is 4.73. The minimum absolute atomic E-state index is 0.0762. The van der Waals surface area contributed by atoms with Crippen LogP contribution in [0.5, 0.6) is 0 Å². The first-order valence-corrected chi connectivity index (χ1v) is 7.56. The molecule has 6 heteroatoms. The highest BCUT2D eigenvalue weighted by atomic mass is 19.3. The molecule has 1 saturated carbocycles. The molecule has 4 nitrogen and oxygen atoms in total. The molecule has 1 amide bonds. The van der Waals surface area contributed by atoms with E-state index in [1.165, 1.54) is 30.0 Å².